The second-order valence-corrected chi connectivity index (χ2v) is 17.2. The lowest BCUT2D eigenvalue weighted by Crippen LogP contribution is -2.05. The summed E-state index contributed by atoms with van der Waals surface area (Å²) in [6, 6.07) is 1.45. The highest BCUT2D eigenvalue weighted by Crippen LogP contribution is 2.15. The van der Waals surface area contributed by atoms with Gasteiger partial charge in [-0.2, -0.15) is 0 Å². The summed E-state index contributed by atoms with van der Waals surface area (Å²) < 4.78 is 5.96. The molecule has 2 nitrogen and oxygen atoms in total. The van der Waals surface area contributed by atoms with Crippen LogP contribution in [0, 0.1) is 0 Å². The molecular weight excluding hydrogens is 614 g/mol. The molecule has 0 aromatic carbocycles. The van der Waals surface area contributed by atoms with Crippen LogP contribution in [-0.4, -0.2) is 23.7 Å². The van der Waals surface area contributed by atoms with E-state index in [9.17, 15) is 4.79 Å². The number of unbranched alkanes of at least 4 members (excludes halogenated alkanes) is 17. The Morgan fingerprint density at radius 3 is 1.37 bits per heavy atom. The molecular formula is C25H46I2O2Si. The molecule has 0 spiro atoms. The number of halogens is 2. The van der Waals surface area contributed by atoms with Crippen molar-refractivity contribution in [1.82, 2.24) is 0 Å². The van der Waals surface area contributed by atoms with Crippen LogP contribution in [0.5, 0.6) is 0 Å². The van der Waals surface area contributed by atoms with E-state index in [1.165, 1.54) is 115 Å². The summed E-state index contributed by atoms with van der Waals surface area (Å²) in [6.07, 6.45) is 24.8. The minimum absolute atomic E-state index is 0.252. The smallest absolute Gasteiger partial charge is 0.333 e. The van der Waals surface area contributed by atoms with Crippen molar-refractivity contribution in [2.24, 2.45) is 0 Å². The fourth-order valence-corrected chi connectivity index (χ4v) is 6.10. The van der Waals surface area contributed by atoms with Gasteiger partial charge in [0.05, 0.1) is 17.7 Å². The second kappa shape index (κ2) is 24.5. The Bertz CT molecular complexity index is 403. The summed E-state index contributed by atoms with van der Waals surface area (Å²) in [5.74, 6) is -0.252. The minimum atomic E-state index is -0.252. The van der Waals surface area contributed by atoms with Crippen molar-refractivity contribution >= 4 is 60.7 Å². The summed E-state index contributed by atoms with van der Waals surface area (Å²) in [4.78, 5) is 11.2. The number of alkyl halides is 2. The minimum Gasteiger partial charge on any atom is -0.462 e. The largest absolute Gasteiger partial charge is 0.462 e. The van der Waals surface area contributed by atoms with Gasteiger partial charge in [0.15, 0.2) is 0 Å². The van der Waals surface area contributed by atoms with Crippen molar-refractivity contribution < 1.29 is 9.53 Å². The first-order valence-corrected chi connectivity index (χ1v) is 16.2. The molecule has 5 heteroatoms. The monoisotopic (exact) mass is 660 g/mol. The van der Waals surface area contributed by atoms with Crippen molar-refractivity contribution in [2.45, 2.75) is 130 Å². The average Bonchev–Trinajstić information content (AvgIpc) is 2.71. The lowest BCUT2D eigenvalue weighted by molar-refractivity contribution is -0.139. The standard InChI is InChI=1S/C25H46I2O2Si/c1-23(2)24(28)29-21-19-17-15-13-11-9-7-5-3-4-6-8-10-12-14-16-18-20-22-30-25(26)27/h25H,1,3-22H2,2H3. The molecule has 0 aromatic rings. The van der Waals surface area contributed by atoms with Crippen LogP contribution in [0.15, 0.2) is 12.2 Å². The highest BCUT2D eigenvalue weighted by molar-refractivity contribution is 14.2. The van der Waals surface area contributed by atoms with Gasteiger partial charge in [0.25, 0.3) is 0 Å². The maximum Gasteiger partial charge on any atom is 0.333 e. The van der Waals surface area contributed by atoms with Crippen LogP contribution in [0.25, 0.3) is 0 Å². The van der Waals surface area contributed by atoms with E-state index < -0.39 is 0 Å². The second-order valence-electron chi connectivity index (χ2n) is 8.54. The molecule has 0 bridgehead atoms. The zero-order valence-corrected chi connectivity index (χ0v) is 24.8. The van der Waals surface area contributed by atoms with Crippen LogP contribution < -0.4 is 0 Å². The summed E-state index contributed by atoms with van der Waals surface area (Å²) in [5, 5.41) is 0. The first kappa shape index (κ1) is 30.9. The Labute approximate surface area is 217 Å². The van der Waals surface area contributed by atoms with Gasteiger partial charge < -0.3 is 4.74 Å². The highest BCUT2D eigenvalue weighted by Gasteiger charge is 2.02. The van der Waals surface area contributed by atoms with Gasteiger partial charge in [0, 0.05) is 5.57 Å². The van der Waals surface area contributed by atoms with Gasteiger partial charge in [-0.15, -0.1) is 0 Å². The maximum absolute atomic E-state index is 11.2. The normalized spacial score (nSPS) is 11.2. The van der Waals surface area contributed by atoms with E-state index in [1.807, 2.05) is 0 Å². The summed E-state index contributed by atoms with van der Waals surface area (Å²) in [5.41, 5.74) is 0.494. The Balaban J connectivity index is 3.07. The van der Waals surface area contributed by atoms with E-state index in [2.05, 4.69) is 51.8 Å². The lowest BCUT2D eigenvalue weighted by atomic mass is 10.0. The van der Waals surface area contributed by atoms with Gasteiger partial charge in [-0.25, -0.2) is 4.79 Å². The van der Waals surface area contributed by atoms with Crippen molar-refractivity contribution in [1.29, 1.82) is 0 Å². The van der Waals surface area contributed by atoms with E-state index in [-0.39, 0.29) is 5.97 Å². The van der Waals surface area contributed by atoms with Crippen LogP contribution in [0.2, 0.25) is 6.04 Å². The highest BCUT2D eigenvalue weighted by atomic mass is 127. The summed E-state index contributed by atoms with van der Waals surface area (Å²) in [6.45, 7) is 5.83. The maximum atomic E-state index is 11.2. The molecule has 2 radical (unpaired) electrons. The Hall–Kier alpha value is 0.887. The number of carbonyl (C=O) groups is 1. The number of rotatable bonds is 23. The molecule has 0 heterocycles. The molecule has 176 valence electrons. The predicted octanol–water partition coefficient (Wildman–Crippen LogP) is 9.40. The molecule has 0 atom stereocenters. The third-order valence-electron chi connectivity index (χ3n) is 5.45. The Morgan fingerprint density at radius 1 is 0.700 bits per heavy atom. The molecule has 30 heavy (non-hydrogen) atoms. The van der Waals surface area contributed by atoms with Crippen LogP contribution in [0.1, 0.15) is 122 Å². The number of ether oxygens (including phenoxy) is 1. The third kappa shape index (κ3) is 25.2. The average molecular weight is 661 g/mol. The van der Waals surface area contributed by atoms with E-state index in [1.54, 1.807) is 6.92 Å². The molecule has 0 aromatic heterocycles. The van der Waals surface area contributed by atoms with Crippen LogP contribution in [0.3, 0.4) is 0 Å². The van der Waals surface area contributed by atoms with Gasteiger partial charge in [0.2, 0.25) is 0 Å². The van der Waals surface area contributed by atoms with Crippen LogP contribution in [0.4, 0.5) is 0 Å². The van der Waals surface area contributed by atoms with E-state index in [4.69, 9.17) is 4.74 Å². The molecule has 0 rings (SSSR count). The predicted molar refractivity (Wildman–Crippen MR) is 151 cm³/mol. The van der Waals surface area contributed by atoms with E-state index in [0.29, 0.717) is 12.2 Å². The molecule has 0 amide bonds. The molecule has 0 saturated carbocycles. The molecule has 0 saturated heterocycles. The fourth-order valence-electron chi connectivity index (χ4n) is 3.55. The fraction of sp³-hybridized carbons (Fsp3) is 0.880. The molecule has 0 aliphatic heterocycles. The lowest BCUT2D eigenvalue weighted by Gasteiger charge is -2.05. The Morgan fingerprint density at radius 2 is 1.03 bits per heavy atom. The van der Waals surface area contributed by atoms with E-state index in [0.717, 1.165) is 17.5 Å². The quantitative estimate of drug-likeness (QED) is 0.0273. The number of carbonyl (C=O) groups excluding carboxylic acids is 1. The topological polar surface area (TPSA) is 26.3 Å². The van der Waals surface area contributed by atoms with Gasteiger partial charge in [-0.1, -0.05) is 167 Å². The number of esters is 1. The summed E-state index contributed by atoms with van der Waals surface area (Å²) in [7, 11) is 1.16. The Kier molecular flexibility index (Phi) is 25.3. The number of hydrogen-bond acceptors (Lipinski definition) is 2. The van der Waals surface area contributed by atoms with Gasteiger partial charge in [0.1, 0.15) is 0 Å². The molecule has 0 unspecified atom stereocenters. The molecule has 0 aliphatic carbocycles. The van der Waals surface area contributed by atoms with E-state index >= 15 is 0 Å². The molecule has 0 N–H and O–H groups in total. The number of hydrogen-bond donors (Lipinski definition) is 0. The van der Waals surface area contributed by atoms with Crippen molar-refractivity contribution in [3.63, 3.8) is 0 Å². The van der Waals surface area contributed by atoms with Crippen LogP contribution >= 0.6 is 45.2 Å². The third-order valence-corrected chi connectivity index (χ3v) is 9.04. The van der Waals surface area contributed by atoms with Crippen molar-refractivity contribution in [3.8, 4) is 0 Å². The molecule has 0 fully saturated rings. The zero-order chi connectivity index (χ0) is 22.3. The van der Waals surface area contributed by atoms with Crippen LogP contribution in [-0.2, 0) is 9.53 Å². The van der Waals surface area contributed by atoms with Crippen molar-refractivity contribution in [3.05, 3.63) is 12.2 Å². The molecule has 0 aliphatic rings. The first-order valence-electron chi connectivity index (χ1n) is 12.4. The van der Waals surface area contributed by atoms with Gasteiger partial charge in [-0.3, -0.25) is 0 Å². The van der Waals surface area contributed by atoms with Gasteiger partial charge in [-0.05, 0) is 13.3 Å². The first-order chi connectivity index (χ1) is 14.5. The van der Waals surface area contributed by atoms with Gasteiger partial charge >= 0.3 is 5.97 Å². The van der Waals surface area contributed by atoms with Crippen molar-refractivity contribution in [2.75, 3.05) is 6.61 Å². The SMILES string of the molecule is C=C(C)C(=O)OCCCCCCCCCCCCCCCCCCCC[Si]C(I)I. The zero-order valence-electron chi connectivity index (χ0n) is 19.5. The summed E-state index contributed by atoms with van der Waals surface area (Å²) >= 11 is 5.08.